The van der Waals surface area contributed by atoms with Gasteiger partial charge in [0.15, 0.2) is 5.78 Å². The van der Waals surface area contributed by atoms with Crippen molar-refractivity contribution in [2.45, 2.75) is 44.6 Å². The summed E-state index contributed by atoms with van der Waals surface area (Å²) < 4.78 is 0. The van der Waals surface area contributed by atoms with Crippen LogP contribution in [-0.2, 0) is 16.0 Å². The number of hydrogen-bond acceptors (Lipinski definition) is 4. The van der Waals surface area contributed by atoms with Crippen molar-refractivity contribution in [3.05, 3.63) is 21.9 Å². The average Bonchev–Trinajstić information content (AvgIpc) is 2.98. The van der Waals surface area contributed by atoms with Crippen LogP contribution in [0.2, 0.25) is 0 Å². The lowest BCUT2D eigenvalue weighted by Gasteiger charge is -2.25. The van der Waals surface area contributed by atoms with Gasteiger partial charge < -0.3 is 10.4 Å². The summed E-state index contributed by atoms with van der Waals surface area (Å²) in [6.07, 6.45) is 2.71. The molecule has 0 spiro atoms. The van der Waals surface area contributed by atoms with Crippen molar-refractivity contribution < 1.29 is 19.5 Å². The van der Waals surface area contributed by atoms with Crippen molar-refractivity contribution in [3.63, 3.8) is 0 Å². The number of rotatable bonds is 5. The molecule has 1 aromatic rings. The Labute approximate surface area is 121 Å². The molecule has 0 aliphatic heterocycles. The number of carboxylic acids is 1. The lowest BCUT2D eigenvalue weighted by molar-refractivity contribution is -0.147. The summed E-state index contributed by atoms with van der Waals surface area (Å²) in [5, 5.41) is 13.7. The van der Waals surface area contributed by atoms with E-state index in [9.17, 15) is 19.5 Å². The van der Waals surface area contributed by atoms with Crippen LogP contribution in [-0.4, -0.2) is 28.3 Å². The molecule has 0 radical (unpaired) electrons. The summed E-state index contributed by atoms with van der Waals surface area (Å²) in [6.45, 7) is 1.48. The molecule has 6 heteroatoms. The second-order valence-corrected chi connectivity index (χ2v) is 6.11. The Morgan fingerprint density at radius 2 is 2.00 bits per heavy atom. The highest BCUT2D eigenvalue weighted by atomic mass is 32.1. The van der Waals surface area contributed by atoms with E-state index in [0.29, 0.717) is 17.7 Å². The van der Waals surface area contributed by atoms with Crippen molar-refractivity contribution in [2.24, 2.45) is 0 Å². The molecule has 0 unspecified atom stereocenters. The van der Waals surface area contributed by atoms with Crippen LogP contribution < -0.4 is 5.32 Å². The Balaban J connectivity index is 2.01. The zero-order valence-corrected chi connectivity index (χ0v) is 12.1. The zero-order chi connectivity index (χ0) is 14.8. The van der Waals surface area contributed by atoms with Crippen LogP contribution in [0.4, 0.5) is 0 Å². The molecular formula is C14H17NO4S. The molecule has 0 bridgehead atoms. The molecule has 1 aliphatic carbocycles. The lowest BCUT2D eigenvalue weighted by atomic mass is 9.97. The van der Waals surface area contributed by atoms with E-state index in [0.717, 1.165) is 18.4 Å². The van der Waals surface area contributed by atoms with Gasteiger partial charge in [-0.15, -0.1) is 11.3 Å². The van der Waals surface area contributed by atoms with Gasteiger partial charge in [-0.1, -0.05) is 12.8 Å². The van der Waals surface area contributed by atoms with Crippen LogP contribution in [0.3, 0.4) is 0 Å². The monoisotopic (exact) mass is 295 g/mol. The van der Waals surface area contributed by atoms with Crippen molar-refractivity contribution in [1.29, 1.82) is 0 Å². The predicted molar refractivity (Wildman–Crippen MR) is 75.0 cm³/mol. The molecule has 5 nitrogen and oxygen atoms in total. The highest BCUT2D eigenvalue weighted by molar-refractivity contribution is 7.12. The van der Waals surface area contributed by atoms with Crippen LogP contribution in [0.15, 0.2) is 11.4 Å². The molecule has 108 valence electrons. The normalized spacial score (nSPS) is 16.9. The molecule has 0 atom stereocenters. The summed E-state index contributed by atoms with van der Waals surface area (Å²) in [4.78, 5) is 35.2. The van der Waals surface area contributed by atoms with E-state index in [1.54, 1.807) is 11.4 Å². The van der Waals surface area contributed by atoms with Gasteiger partial charge >= 0.3 is 5.97 Å². The zero-order valence-electron chi connectivity index (χ0n) is 11.3. The molecule has 0 saturated heterocycles. The number of aliphatic carboxylic acids is 1. The van der Waals surface area contributed by atoms with Crippen molar-refractivity contribution in [2.75, 3.05) is 0 Å². The molecular weight excluding hydrogens is 278 g/mol. The first-order valence-electron chi connectivity index (χ1n) is 6.56. The predicted octanol–water partition coefficient (Wildman–Crippen LogP) is 2.01. The summed E-state index contributed by atoms with van der Waals surface area (Å²) in [6, 6.07) is 1.69. The van der Waals surface area contributed by atoms with Gasteiger partial charge in [-0.3, -0.25) is 9.59 Å². The van der Waals surface area contributed by atoms with E-state index in [1.807, 2.05) is 0 Å². The smallest absolute Gasteiger partial charge is 0.329 e. The number of nitrogens with one attached hydrogen (secondary N) is 1. The minimum atomic E-state index is -1.10. The number of hydrogen-bond donors (Lipinski definition) is 2. The van der Waals surface area contributed by atoms with Crippen LogP contribution in [0.5, 0.6) is 0 Å². The van der Waals surface area contributed by atoms with E-state index in [-0.39, 0.29) is 18.1 Å². The molecule has 1 saturated carbocycles. The van der Waals surface area contributed by atoms with Gasteiger partial charge in [-0.05, 0) is 36.8 Å². The van der Waals surface area contributed by atoms with Gasteiger partial charge in [0.2, 0.25) is 5.91 Å². The molecule has 20 heavy (non-hydrogen) atoms. The maximum Gasteiger partial charge on any atom is 0.329 e. The Kier molecular flexibility index (Phi) is 4.23. The molecule has 0 aromatic carbocycles. The minimum absolute atomic E-state index is 0.0283. The number of ketones is 1. The SMILES string of the molecule is CC(=O)c1cc(CC(=O)NC2(C(=O)O)CCCC2)cs1. The van der Waals surface area contributed by atoms with Crippen LogP contribution >= 0.6 is 11.3 Å². The Morgan fingerprint density at radius 3 is 2.50 bits per heavy atom. The van der Waals surface area contributed by atoms with Gasteiger partial charge in [-0.2, -0.15) is 0 Å². The molecule has 2 N–H and O–H groups in total. The standard InChI is InChI=1S/C14H17NO4S/c1-9(16)11-6-10(8-20-11)7-12(17)15-14(13(18)19)4-2-3-5-14/h6,8H,2-5,7H2,1H3,(H,15,17)(H,18,19). The molecule has 1 fully saturated rings. The molecule has 1 amide bonds. The highest BCUT2D eigenvalue weighted by Crippen LogP contribution is 2.30. The Hall–Kier alpha value is -1.69. The lowest BCUT2D eigenvalue weighted by Crippen LogP contribution is -2.52. The van der Waals surface area contributed by atoms with Crippen LogP contribution in [0, 0.1) is 0 Å². The number of thiophene rings is 1. The number of Topliss-reactive ketones (excluding diaryl/α,β-unsaturated/α-hetero) is 1. The quantitative estimate of drug-likeness (QED) is 0.814. The average molecular weight is 295 g/mol. The largest absolute Gasteiger partial charge is 0.480 e. The fourth-order valence-electron chi connectivity index (χ4n) is 2.52. The van der Waals surface area contributed by atoms with Crippen molar-refractivity contribution in [3.8, 4) is 0 Å². The summed E-state index contributed by atoms with van der Waals surface area (Å²) in [5.41, 5.74) is -0.354. The van der Waals surface area contributed by atoms with Crippen molar-refractivity contribution >= 4 is 29.0 Å². The number of carbonyl (C=O) groups excluding carboxylic acids is 2. The van der Waals surface area contributed by atoms with E-state index in [1.165, 1.54) is 18.3 Å². The summed E-state index contributed by atoms with van der Waals surface area (Å²) in [5.74, 6) is -1.29. The van der Waals surface area contributed by atoms with E-state index < -0.39 is 11.5 Å². The van der Waals surface area contributed by atoms with E-state index in [4.69, 9.17) is 0 Å². The number of amides is 1. The first-order chi connectivity index (χ1) is 9.43. The van der Waals surface area contributed by atoms with Gasteiger partial charge in [0, 0.05) is 0 Å². The first kappa shape index (κ1) is 14.7. The third kappa shape index (κ3) is 3.07. The van der Waals surface area contributed by atoms with E-state index in [2.05, 4.69) is 5.32 Å². The van der Waals surface area contributed by atoms with E-state index >= 15 is 0 Å². The number of carboxylic acid groups (broad SMARTS) is 1. The van der Waals surface area contributed by atoms with Crippen molar-refractivity contribution in [1.82, 2.24) is 5.32 Å². The fraction of sp³-hybridized carbons (Fsp3) is 0.500. The summed E-state index contributed by atoms with van der Waals surface area (Å²) in [7, 11) is 0. The van der Waals surface area contributed by atoms with Gasteiger partial charge in [0.1, 0.15) is 5.54 Å². The maximum absolute atomic E-state index is 12.0. The van der Waals surface area contributed by atoms with Crippen LogP contribution in [0.25, 0.3) is 0 Å². The van der Waals surface area contributed by atoms with Crippen LogP contribution in [0.1, 0.15) is 47.8 Å². The second kappa shape index (κ2) is 5.75. The molecule has 1 heterocycles. The fourth-order valence-corrected chi connectivity index (χ4v) is 3.34. The van der Waals surface area contributed by atoms with Gasteiger partial charge in [0.25, 0.3) is 0 Å². The first-order valence-corrected chi connectivity index (χ1v) is 7.44. The Bertz CT molecular complexity index is 543. The molecule has 2 rings (SSSR count). The third-order valence-electron chi connectivity index (χ3n) is 3.61. The Morgan fingerprint density at radius 1 is 1.35 bits per heavy atom. The maximum atomic E-state index is 12.0. The molecule has 1 aliphatic rings. The highest BCUT2D eigenvalue weighted by Gasteiger charge is 2.42. The number of carbonyl (C=O) groups is 3. The third-order valence-corrected chi connectivity index (χ3v) is 4.69. The molecule has 1 aromatic heterocycles. The van der Waals surface area contributed by atoms with Gasteiger partial charge in [-0.25, -0.2) is 4.79 Å². The minimum Gasteiger partial charge on any atom is -0.480 e. The second-order valence-electron chi connectivity index (χ2n) is 5.19. The van der Waals surface area contributed by atoms with Gasteiger partial charge in [0.05, 0.1) is 11.3 Å². The summed E-state index contributed by atoms with van der Waals surface area (Å²) >= 11 is 1.30. The topological polar surface area (TPSA) is 83.5 Å².